The van der Waals surface area contributed by atoms with Crippen LogP contribution in [0.25, 0.3) is 0 Å². The maximum Gasteiger partial charge on any atom is 0.0494 e. The van der Waals surface area contributed by atoms with E-state index in [0.717, 1.165) is 38.1 Å². The molecule has 1 aliphatic heterocycles. The van der Waals surface area contributed by atoms with Gasteiger partial charge in [-0.25, -0.2) is 0 Å². The molecule has 1 heterocycles. The van der Waals surface area contributed by atoms with Gasteiger partial charge in [0, 0.05) is 19.3 Å². The van der Waals surface area contributed by atoms with Crippen molar-refractivity contribution in [3.63, 3.8) is 0 Å². The summed E-state index contributed by atoms with van der Waals surface area (Å²) in [5.74, 6) is 0.905. The van der Waals surface area contributed by atoms with Crippen molar-refractivity contribution >= 4 is 0 Å². The molecule has 0 aromatic heterocycles. The van der Waals surface area contributed by atoms with E-state index in [-0.39, 0.29) is 0 Å². The quantitative estimate of drug-likeness (QED) is 0.621. The number of piperidine rings is 1. The standard InChI is InChI=1S/C12H24N2O/c1(9-15-10-11-2-3-11)6-14-12-4-7-13-8-5-12/h11-14H,1-10H2. The van der Waals surface area contributed by atoms with Crippen molar-refractivity contribution < 1.29 is 4.74 Å². The lowest BCUT2D eigenvalue weighted by atomic mass is 10.1. The van der Waals surface area contributed by atoms with E-state index in [1.807, 2.05) is 0 Å². The third-order valence-corrected chi connectivity index (χ3v) is 3.29. The second kappa shape index (κ2) is 6.46. The average molecular weight is 212 g/mol. The van der Waals surface area contributed by atoms with Crippen molar-refractivity contribution in [3.05, 3.63) is 0 Å². The molecule has 1 saturated carbocycles. The first-order valence-electron chi connectivity index (χ1n) is 6.47. The maximum absolute atomic E-state index is 5.59. The molecule has 1 aliphatic carbocycles. The second-order valence-corrected chi connectivity index (χ2v) is 4.85. The van der Waals surface area contributed by atoms with Gasteiger partial charge in [-0.1, -0.05) is 0 Å². The summed E-state index contributed by atoms with van der Waals surface area (Å²) in [6.45, 7) is 5.42. The van der Waals surface area contributed by atoms with E-state index < -0.39 is 0 Å². The predicted octanol–water partition coefficient (Wildman–Crippen LogP) is 1.14. The fraction of sp³-hybridized carbons (Fsp3) is 1.00. The van der Waals surface area contributed by atoms with Crippen LogP contribution in [0, 0.1) is 5.92 Å². The first kappa shape index (κ1) is 11.4. The Labute approximate surface area is 93.0 Å². The van der Waals surface area contributed by atoms with Crippen molar-refractivity contribution in [2.24, 2.45) is 5.92 Å². The normalized spacial score (nSPS) is 23.2. The Hall–Kier alpha value is -0.120. The highest BCUT2D eigenvalue weighted by molar-refractivity contribution is 4.74. The minimum atomic E-state index is 0.745. The van der Waals surface area contributed by atoms with Gasteiger partial charge in [-0.05, 0) is 57.7 Å². The number of hydrogen-bond donors (Lipinski definition) is 2. The van der Waals surface area contributed by atoms with E-state index in [1.165, 1.54) is 38.8 Å². The largest absolute Gasteiger partial charge is 0.381 e. The molecule has 0 unspecified atom stereocenters. The molecule has 0 atom stereocenters. The molecule has 0 aromatic carbocycles. The number of ether oxygens (including phenoxy) is 1. The van der Waals surface area contributed by atoms with Crippen LogP contribution in [0.1, 0.15) is 32.1 Å². The monoisotopic (exact) mass is 212 g/mol. The van der Waals surface area contributed by atoms with Gasteiger partial charge in [0.1, 0.15) is 0 Å². The minimum Gasteiger partial charge on any atom is -0.381 e. The Morgan fingerprint density at radius 1 is 1.13 bits per heavy atom. The van der Waals surface area contributed by atoms with Crippen LogP contribution in [0.5, 0.6) is 0 Å². The van der Waals surface area contributed by atoms with Crippen LogP contribution in [-0.4, -0.2) is 38.9 Å². The molecule has 1 saturated heterocycles. The summed E-state index contributed by atoms with van der Waals surface area (Å²) in [4.78, 5) is 0. The van der Waals surface area contributed by atoms with Gasteiger partial charge in [-0.15, -0.1) is 0 Å². The van der Waals surface area contributed by atoms with E-state index in [1.54, 1.807) is 0 Å². The molecule has 0 aromatic rings. The molecule has 0 amide bonds. The Kier molecular flexibility index (Phi) is 4.90. The first-order chi connectivity index (χ1) is 7.45. The van der Waals surface area contributed by atoms with Crippen LogP contribution >= 0.6 is 0 Å². The third-order valence-electron chi connectivity index (χ3n) is 3.29. The molecule has 15 heavy (non-hydrogen) atoms. The summed E-state index contributed by atoms with van der Waals surface area (Å²) in [5.41, 5.74) is 0. The lowest BCUT2D eigenvalue weighted by Crippen LogP contribution is -2.40. The SMILES string of the molecule is C(CNC1CCNCC1)COCC1CC1. The second-order valence-electron chi connectivity index (χ2n) is 4.85. The molecular formula is C12H24N2O. The summed E-state index contributed by atoms with van der Waals surface area (Å²) in [5, 5.41) is 6.99. The van der Waals surface area contributed by atoms with Gasteiger partial charge in [0.25, 0.3) is 0 Å². The molecular weight excluding hydrogens is 188 g/mol. The predicted molar refractivity (Wildman–Crippen MR) is 62.1 cm³/mol. The summed E-state index contributed by atoms with van der Waals surface area (Å²) in [6.07, 6.45) is 6.52. The zero-order chi connectivity index (χ0) is 10.3. The minimum absolute atomic E-state index is 0.745. The lowest BCUT2D eigenvalue weighted by molar-refractivity contribution is 0.121. The molecule has 3 nitrogen and oxygen atoms in total. The van der Waals surface area contributed by atoms with Crippen LogP contribution in [0.15, 0.2) is 0 Å². The van der Waals surface area contributed by atoms with Crippen molar-refractivity contribution in [2.45, 2.75) is 38.1 Å². The highest BCUT2D eigenvalue weighted by atomic mass is 16.5. The zero-order valence-electron chi connectivity index (χ0n) is 9.63. The number of rotatable bonds is 7. The first-order valence-corrected chi connectivity index (χ1v) is 6.47. The van der Waals surface area contributed by atoms with Gasteiger partial charge in [0.2, 0.25) is 0 Å². The number of nitrogens with one attached hydrogen (secondary N) is 2. The molecule has 2 aliphatic rings. The number of hydrogen-bond acceptors (Lipinski definition) is 3. The van der Waals surface area contributed by atoms with E-state index >= 15 is 0 Å². The van der Waals surface area contributed by atoms with Crippen molar-refractivity contribution in [1.82, 2.24) is 10.6 Å². The van der Waals surface area contributed by atoms with Crippen LogP contribution < -0.4 is 10.6 Å². The molecule has 88 valence electrons. The van der Waals surface area contributed by atoms with Gasteiger partial charge in [-0.3, -0.25) is 0 Å². The van der Waals surface area contributed by atoms with Gasteiger partial charge in [-0.2, -0.15) is 0 Å². The van der Waals surface area contributed by atoms with Crippen LogP contribution in [0.3, 0.4) is 0 Å². The van der Waals surface area contributed by atoms with Crippen LogP contribution in [-0.2, 0) is 4.74 Å². The highest BCUT2D eigenvalue weighted by Crippen LogP contribution is 2.28. The molecule has 3 heteroatoms. The summed E-state index contributed by atoms with van der Waals surface area (Å²) >= 11 is 0. The van der Waals surface area contributed by atoms with E-state index in [2.05, 4.69) is 10.6 Å². The fourth-order valence-electron chi connectivity index (χ4n) is 2.04. The van der Waals surface area contributed by atoms with Gasteiger partial charge in [0.15, 0.2) is 0 Å². The summed E-state index contributed by atoms with van der Waals surface area (Å²) in [6, 6.07) is 0.745. The molecule has 0 bridgehead atoms. The van der Waals surface area contributed by atoms with Crippen molar-refractivity contribution in [3.8, 4) is 0 Å². The van der Waals surface area contributed by atoms with Gasteiger partial charge in [0.05, 0.1) is 0 Å². The lowest BCUT2D eigenvalue weighted by Gasteiger charge is -2.23. The smallest absolute Gasteiger partial charge is 0.0494 e. The maximum atomic E-state index is 5.59. The topological polar surface area (TPSA) is 33.3 Å². The average Bonchev–Trinajstić information content (AvgIpc) is 3.09. The molecule has 2 N–H and O–H groups in total. The van der Waals surface area contributed by atoms with Gasteiger partial charge >= 0.3 is 0 Å². The third kappa shape index (κ3) is 4.96. The fourth-order valence-corrected chi connectivity index (χ4v) is 2.04. The van der Waals surface area contributed by atoms with Gasteiger partial charge < -0.3 is 15.4 Å². The van der Waals surface area contributed by atoms with E-state index in [9.17, 15) is 0 Å². The highest BCUT2D eigenvalue weighted by Gasteiger charge is 2.20. The summed E-state index contributed by atoms with van der Waals surface area (Å²) in [7, 11) is 0. The summed E-state index contributed by atoms with van der Waals surface area (Å²) < 4.78 is 5.59. The Balaban J connectivity index is 1.37. The Morgan fingerprint density at radius 2 is 1.93 bits per heavy atom. The van der Waals surface area contributed by atoms with Crippen LogP contribution in [0.2, 0.25) is 0 Å². The molecule has 2 fully saturated rings. The molecule has 0 spiro atoms. The van der Waals surface area contributed by atoms with Crippen LogP contribution in [0.4, 0.5) is 0 Å². The van der Waals surface area contributed by atoms with Crippen molar-refractivity contribution in [2.75, 3.05) is 32.8 Å². The Morgan fingerprint density at radius 3 is 2.67 bits per heavy atom. The van der Waals surface area contributed by atoms with Crippen molar-refractivity contribution in [1.29, 1.82) is 0 Å². The van der Waals surface area contributed by atoms with E-state index in [0.29, 0.717) is 0 Å². The zero-order valence-corrected chi connectivity index (χ0v) is 9.63. The molecule has 0 radical (unpaired) electrons. The Bertz CT molecular complexity index is 165. The van der Waals surface area contributed by atoms with E-state index in [4.69, 9.17) is 4.74 Å². The molecule has 2 rings (SSSR count).